The Kier molecular flexibility index (Phi) is 2.52. The van der Waals surface area contributed by atoms with Gasteiger partial charge in [0.1, 0.15) is 17.0 Å². The van der Waals surface area contributed by atoms with E-state index in [0.29, 0.717) is 23.1 Å². The molecule has 4 bridgehead atoms. The molecule has 0 N–H and O–H groups in total. The monoisotopic (exact) mass is 264 g/mol. The number of pyridine rings is 1. The molecule has 0 spiro atoms. The lowest BCUT2D eigenvalue weighted by Gasteiger charge is -2.55. The standard InChI is InChI=1S/C14H17ClN2O/c15-13-5-12(1-2-16-13)18-14-10-3-9-4-11(14)8-17(6-9)7-10/h1-2,5,9-11,14H,3-4,6-8H2/t9?,10-,11-,14?/m0/s1. The molecule has 1 aliphatic carbocycles. The molecule has 3 saturated heterocycles. The van der Waals surface area contributed by atoms with Crippen molar-refractivity contribution in [1.82, 2.24) is 9.88 Å². The Hall–Kier alpha value is -0.800. The molecule has 0 unspecified atom stereocenters. The lowest BCUT2D eigenvalue weighted by Crippen LogP contribution is -2.61. The maximum atomic E-state index is 6.22. The second kappa shape index (κ2) is 4.10. The summed E-state index contributed by atoms with van der Waals surface area (Å²) in [5.74, 6) is 3.22. The molecule has 18 heavy (non-hydrogen) atoms. The summed E-state index contributed by atoms with van der Waals surface area (Å²) in [5, 5.41) is 0.514. The van der Waals surface area contributed by atoms with Crippen LogP contribution in [-0.4, -0.2) is 35.6 Å². The predicted molar refractivity (Wildman–Crippen MR) is 69.8 cm³/mol. The molecule has 2 atom stereocenters. The Labute approximate surface area is 112 Å². The summed E-state index contributed by atoms with van der Waals surface area (Å²) in [5.41, 5.74) is 0. The Morgan fingerprint density at radius 2 is 2.00 bits per heavy atom. The van der Waals surface area contributed by atoms with Gasteiger partial charge in [0.2, 0.25) is 0 Å². The quantitative estimate of drug-likeness (QED) is 0.768. The molecule has 1 aromatic rings. The van der Waals surface area contributed by atoms with Crippen LogP contribution in [0.3, 0.4) is 0 Å². The summed E-state index contributed by atoms with van der Waals surface area (Å²) in [6.07, 6.45) is 4.79. The van der Waals surface area contributed by atoms with Crippen LogP contribution in [0.1, 0.15) is 12.8 Å². The highest BCUT2D eigenvalue weighted by Crippen LogP contribution is 2.44. The molecular formula is C14H17ClN2O. The second-order valence-corrected chi connectivity index (χ2v) is 6.36. The normalized spacial score (nSPS) is 41.1. The summed E-state index contributed by atoms with van der Waals surface area (Å²) in [6, 6.07) is 3.74. The topological polar surface area (TPSA) is 25.4 Å². The van der Waals surface area contributed by atoms with Gasteiger partial charge in [-0.3, -0.25) is 0 Å². The van der Waals surface area contributed by atoms with Crippen molar-refractivity contribution in [3.63, 3.8) is 0 Å². The first-order valence-corrected chi connectivity index (χ1v) is 7.16. The van der Waals surface area contributed by atoms with E-state index in [1.54, 1.807) is 6.20 Å². The van der Waals surface area contributed by atoms with Gasteiger partial charge in [-0.2, -0.15) is 0 Å². The Morgan fingerprint density at radius 3 is 2.67 bits per heavy atom. The minimum absolute atomic E-state index is 0.385. The van der Waals surface area contributed by atoms with Gasteiger partial charge in [-0.25, -0.2) is 4.98 Å². The second-order valence-electron chi connectivity index (χ2n) is 5.97. The van der Waals surface area contributed by atoms with E-state index < -0.39 is 0 Å². The maximum Gasteiger partial charge on any atom is 0.132 e. The van der Waals surface area contributed by atoms with Gasteiger partial charge in [0, 0.05) is 43.7 Å². The van der Waals surface area contributed by atoms with Crippen molar-refractivity contribution in [2.75, 3.05) is 19.6 Å². The van der Waals surface area contributed by atoms with Crippen molar-refractivity contribution >= 4 is 11.6 Å². The van der Waals surface area contributed by atoms with Crippen LogP contribution in [-0.2, 0) is 0 Å². The van der Waals surface area contributed by atoms with Gasteiger partial charge < -0.3 is 9.64 Å². The van der Waals surface area contributed by atoms with Crippen LogP contribution in [0.15, 0.2) is 18.3 Å². The molecule has 96 valence electrons. The molecular weight excluding hydrogens is 248 g/mol. The van der Waals surface area contributed by atoms with Gasteiger partial charge >= 0.3 is 0 Å². The predicted octanol–water partition coefficient (Wildman–Crippen LogP) is 2.45. The molecule has 3 nitrogen and oxygen atoms in total. The molecule has 0 aromatic carbocycles. The lowest BCUT2D eigenvalue weighted by molar-refractivity contribution is -0.0984. The minimum atomic E-state index is 0.385. The zero-order valence-corrected chi connectivity index (χ0v) is 11.0. The Morgan fingerprint density at radius 1 is 1.22 bits per heavy atom. The number of hydrogen-bond acceptors (Lipinski definition) is 3. The van der Waals surface area contributed by atoms with Crippen molar-refractivity contribution in [2.24, 2.45) is 17.8 Å². The fraction of sp³-hybridized carbons (Fsp3) is 0.643. The summed E-state index contributed by atoms with van der Waals surface area (Å²) < 4.78 is 6.22. The number of halogens is 1. The van der Waals surface area contributed by atoms with Crippen molar-refractivity contribution in [2.45, 2.75) is 18.9 Å². The third-order valence-electron chi connectivity index (χ3n) is 4.67. The molecule has 4 aliphatic rings. The Bertz CT molecular complexity index is 437. The number of hydrogen-bond donors (Lipinski definition) is 0. The average Bonchev–Trinajstić information content (AvgIpc) is 2.33. The van der Waals surface area contributed by atoms with Gasteiger partial charge in [-0.05, 0) is 24.8 Å². The highest BCUT2D eigenvalue weighted by molar-refractivity contribution is 6.29. The molecule has 1 aromatic heterocycles. The van der Waals surface area contributed by atoms with E-state index in [-0.39, 0.29) is 0 Å². The summed E-state index contributed by atoms with van der Waals surface area (Å²) in [4.78, 5) is 6.62. The van der Waals surface area contributed by atoms with Gasteiger partial charge in [0.15, 0.2) is 0 Å². The molecule has 5 rings (SSSR count). The van der Waals surface area contributed by atoms with E-state index >= 15 is 0 Å². The van der Waals surface area contributed by atoms with Crippen LogP contribution in [0.4, 0.5) is 0 Å². The van der Waals surface area contributed by atoms with E-state index in [1.807, 2.05) is 12.1 Å². The van der Waals surface area contributed by atoms with Crippen LogP contribution < -0.4 is 4.74 Å². The van der Waals surface area contributed by atoms with E-state index in [0.717, 1.165) is 11.7 Å². The van der Waals surface area contributed by atoms with Crippen LogP contribution in [0.25, 0.3) is 0 Å². The van der Waals surface area contributed by atoms with Crippen molar-refractivity contribution < 1.29 is 4.74 Å². The fourth-order valence-electron chi connectivity index (χ4n) is 4.17. The molecule has 0 amide bonds. The van der Waals surface area contributed by atoms with Crippen molar-refractivity contribution in [3.05, 3.63) is 23.5 Å². The zero-order chi connectivity index (χ0) is 12.1. The van der Waals surface area contributed by atoms with Gasteiger partial charge in [-0.15, -0.1) is 0 Å². The molecule has 4 fully saturated rings. The first-order valence-electron chi connectivity index (χ1n) is 6.78. The minimum Gasteiger partial charge on any atom is -0.490 e. The van der Waals surface area contributed by atoms with Crippen molar-refractivity contribution in [1.29, 1.82) is 0 Å². The Balaban J connectivity index is 1.55. The third kappa shape index (κ3) is 1.81. The highest BCUT2D eigenvalue weighted by atomic mass is 35.5. The number of aromatic nitrogens is 1. The first-order chi connectivity index (χ1) is 8.78. The number of piperidine rings is 3. The van der Waals surface area contributed by atoms with Crippen LogP contribution in [0, 0.1) is 17.8 Å². The number of rotatable bonds is 2. The maximum absolute atomic E-state index is 6.22. The number of nitrogens with zero attached hydrogens (tertiary/aromatic N) is 2. The summed E-state index contributed by atoms with van der Waals surface area (Å²) >= 11 is 5.91. The van der Waals surface area contributed by atoms with Crippen LogP contribution in [0.5, 0.6) is 5.75 Å². The van der Waals surface area contributed by atoms with E-state index in [1.165, 1.54) is 32.5 Å². The molecule has 4 heteroatoms. The number of ether oxygens (including phenoxy) is 1. The summed E-state index contributed by atoms with van der Waals surface area (Å²) in [7, 11) is 0. The van der Waals surface area contributed by atoms with E-state index in [4.69, 9.17) is 16.3 Å². The van der Waals surface area contributed by atoms with Crippen molar-refractivity contribution in [3.8, 4) is 5.75 Å². The van der Waals surface area contributed by atoms with Crippen LogP contribution >= 0.6 is 11.6 Å². The molecule has 4 heterocycles. The largest absolute Gasteiger partial charge is 0.490 e. The van der Waals surface area contributed by atoms with Gasteiger partial charge in [0.05, 0.1) is 0 Å². The molecule has 3 aliphatic heterocycles. The average molecular weight is 265 g/mol. The van der Waals surface area contributed by atoms with Gasteiger partial charge in [0.25, 0.3) is 0 Å². The molecule has 0 radical (unpaired) electrons. The smallest absolute Gasteiger partial charge is 0.132 e. The summed E-state index contributed by atoms with van der Waals surface area (Å²) in [6.45, 7) is 3.76. The van der Waals surface area contributed by atoms with E-state index in [9.17, 15) is 0 Å². The lowest BCUT2D eigenvalue weighted by atomic mass is 9.66. The fourth-order valence-corrected chi connectivity index (χ4v) is 4.34. The highest BCUT2D eigenvalue weighted by Gasteiger charge is 2.48. The van der Waals surface area contributed by atoms with Gasteiger partial charge in [-0.1, -0.05) is 11.6 Å². The van der Waals surface area contributed by atoms with E-state index in [2.05, 4.69) is 9.88 Å². The third-order valence-corrected chi connectivity index (χ3v) is 4.88. The zero-order valence-electron chi connectivity index (χ0n) is 10.3. The molecule has 1 saturated carbocycles. The first kappa shape index (κ1) is 11.1. The van der Waals surface area contributed by atoms with Crippen LogP contribution in [0.2, 0.25) is 5.15 Å². The SMILES string of the molecule is Clc1cc(OC2[C@H]3CC4C[C@H]2CN(C4)C3)ccn1.